The van der Waals surface area contributed by atoms with Crippen molar-refractivity contribution in [3.63, 3.8) is 0 Å². The van der Waals surface area contributed by atoms with Crippen molar-refractivity contribution in [3.05, 3.63) is 58.4 Å². The normalized spacial score (nSPS) is 10.5. The highest BCUT2D eigenvalue weighted by molar-refractivity contribution is 5.63. The van der Waals surface area contributed by atoms with E-state index in [1.807, 2.05) is 0 Å². The third kappa shape index (κ3) is 4.10. The molecule has 0 heterocycles. The second-order valence-electron chi connectivity index (χ2n) is 3.98. The minimum atomic E-state index is -2.92. The molecule has 0 aliphatic carbocycles. The highest BCUT2D eigenvalue weighted by Gasteiger charge is 2.10. The molecule has 0 saturated carbocycles. The van der Waals surface area contributed by atoms with Gasteiger partial charge in [0.25, 0.3) is 5.69 Å². The standard InChI is InChI=1S/C13H9F3N2O3/c14-8-5-10(7-11(6-8)18(19)20)17-9-1-3-12(4-2-9)21-13(15)16/h1-7,13,17H. The summed E-state index contributed by atoms with van der Waals surface area (Å²) in [7, 11) is 0. The summed E-state index contributed by atoms with van der Waals surface area (Å²) in [5.74, 6) is -0.787. The Balaban J connectivity index is 2.16. The predicted molar refractivity (Wildman–Crippen MR) is 69.4 cm³/mol. The molecule has 0 atom stereocenters. The maximum absolute atomic E-state index is 13.3. The molecule has 21 heavy (non-hydrogen) atoms. The summed E-state index contributed by atoms with van der Waals surface area (Å²) in [4.78, 5) is 9.91. The molecule has 0 aliphatic rings. The summed E-state index contributed by atoms with van der Waals surface area (Å²) in [6.45, 7) is -2.92. The van der Waals surface area contributed by atoms with Gasteiger partial charge in [0, 0.05) is 17.4 Å². The number of halogens is 3. The number of nitro benzene ring substituents is 1. The lowest BCUT2D eigenvalue weighted by atomic mass is 10.2. The van der Waals surface area contributed by atoms with Gasteiger partial charge in [-0.2, -0.15) is 8.78 Å². The monoisotopic (exact) mass is 298 g/mol. The average Bonchev–Trinajstić information content (AvgIpc) is 2.39. The molecule has 110 valence electrons. The van der Waals surface area contributed by atoms with Crippen LogP contribution in [0.25, 0.3) is 0 Å². The Kier molecular flexibility index (Phi) is 4.27. The maximum atomic E-state index is 13.3. The summed E-state index contributed by atoms with van der Waals surface area (Å²) in [5.41, 5.74) is 0.218. The van der Waals surface area contributed by atoms with Crippen molar-refractivity contribution in [1.82, 2.24) is 0 Å². The SMILES string of the molecule is O=[N+]([O-])c1cc(F)cc(Nc2ccc(OC(F)F)cc2)c1. The average molecular weight is 298 g/mol. The zero-order chi connectivity index (χ0) is 15.4. The minimum absolute atomic E-state index is 0.0271. The van der Waals surface area contributed by atoms with Gasteiger partial charge in [0.15, 0.2) is 0 Å². The first kappa shape index (κ1) is 14.6. The van der Waals surface area contributed by atoms with Crippen molar-refractivity contribution in [2.75, 3.05) is 5.32 Å². The van der Waals surface area contributed by atoms with E-state index >= 15 is 0 Å². The van der Waals surface area contributed by atoms with Gasteiger partial charge in [0.05, 0.1) is 11.0 Å². The molecule has 0 amide bonds. The quantitative estimate of drug-likeness (QED) is 0.667. The largest absolute Gasteiger partial charge is 0.435 e. The number of anilines is 2. The molecule has 5 nitrogen and oxygen atoms in total. The molecule has 0 radical (unpaired) electrons. The number of non-ortho nitro benzene ring substituents is 1. The fraction of sp³-hybridized carbons (Fsp3) is 0.0769. The summed E-state index contributed by atoms with van der Waals surface area (Å²) in [5, 5.41) is 13.4. The number of ether oxygens (including phenoxy) is 1. The van der Waals surface area contributed by atoms with Crippen molar-refractivity contribution in [3.8, 4) is 5.75 Å². The highest BCUT2D eigenvalue weighted by atomic mass is 19.3. The Morgan fingerprint density at radius 3 is 2.33 bits per heavy atom. The van der Waals surface area contributed by atoms with E-state index in [0.717, 1.165) is 18.2 Å². The van der Waals surface area contributed by atoms with Gasteiger partial charge in [-0.05, 0) is 30.3 Å². The molecule has 0 fully saturated rings. The predicted octanol–water partition coefficient (Wildman–Crippen LogP) is 4.08. The molecule has 0 unspecified atom stereocenters. The topological polar surface area (TPSA) is 64.4 Å². The summed E-state index contributed by atoms with van der Waals surface area (Å²) >= 11 is 0. The van der Waals surface area contributed by atoms with Crippen LogP contribution in [0.4, 0.5) is 30.2 Å². The molecule has 2 aromatic rings. The maximum Gasteiger partial charge on any atom is 0.387 e. The van der Waals surface area contributed by atoms with Crippen LogP contribution in [0.2, 0.25) is 0 Å². The molecule has 0 saturated heterocycles. The second kappa shape index (κ2) is 6.12. The fourth-order valence-corrected chi connectivity index (χ4v) is 1.64. The Hall–Kier alpha value is -2.77. The molecular formula is C13H9F3N2O3. The number of rotatable bonds is 5. The van der Waals surface area contributed by atoms with Crippen LogP contribution in [0.3, 0.4) is 0 Å². The number of nitrogens with one attached hydrogen (secondary N) is 1. The van der Waals surface area contributed by atoms with Crippen molar-refractivity contribution in [1.29, 1.82) is 0 Å². The summed E-state index contributed by atoms with van der Waals surface area (Å²) < 4.78 is 41.4. The number of nitro groups is 1. The third-order valence-electron chi connectivity index (χ3n) is 2.46. The Morgan fingerprint density at radius 2 is 1.76 bits per heavy atom. The van der Waals surface area contributed by atoms with Crippen LogP contribution in [0.15, 0.2) is 42.5 Å². The zero-order valence-electron chi connectivity index (χ0n) is 10.4. The number of hydrogen-bond acceptors (Lipinski definition) is 4. The van der Waals surface area contributed by atoms with E-state index < -0.39 is 23.0 Å². The number of nitrogens with zero attached hydrogens (tertiary/aromatic N) is 1. The molecule has 0 aromatic heterocycles. The van der Waals surface area contributed by atoms with Crippen LogP contribution in [0.5, 0.6) is 5.75 Å². The van der Waals surface area contributed by atoms with E-state index in [2.05, 4.69) is 10.1 Å². The Bertz CT molecular complexity index is 648. The Labute approximate surface area is 117 Å². The van der Waals surface area contributed by atoms with Gasteiger partial charge in [0.1, 0.15) is 11.6 Å². The lowest BCUT2D eigenvalue weighted by Crippen LogP contribution is -2.01. The molecule has 0 spiro atoms. The van der Waals surface area contributed by atoms with Crippen LogP contribution in [0.1, 0.15) is 0 Å². The van der Waals surface area contributed by atoms with E-state index in [1.54, 1.807) is 0 Å². The van der Waals surface area contributed by atoms with Crippen molar-refractivity contribution in [2.45, 2.75) is 6.61 Å². The van der Waals surface area contributed by atoms with Crippen LogP contribution in [-0.2, 0) is 0 Å². The third-order valence-corrected chi connectivity index (χ3v) is 2.46. The molecule has 2 aromatic carbocycles. The van der Waals surface area contributed by atoms with Gasteiger partial charge in [0.2, 0.25) is 0 Å². The summed E-state index contributed by atoms with van der Waals surface area (Å²) in [6.07, 6.45) is 0. The van der Waals surface area contributed by atoms with Crippen LogP contribution in [-0.4, -0.2) is 11.5 Å². The minimum Gasteiger partial charge on any atom is -0.435 e. The number of alkyl halides is 2. The Morgan fingerprint density at radius 1 is 1.10 bits per heavy atom. The van der Waals surface area contributed by atoms with Gasteiger partial charge >= 0.3 is 6.61 Å². The van der Waals surface area contributed by atoms with Crippen molar-refractivity contribution >= 4 is 17.1 Å². The lowest BCUT2D eigenvalue weighted by Gasteiger charge is -2.08. The first-order valence-electron chi connectivity index (χ1n) is 5.71. The van der Waals surface area contributed by atoms with Gasteiger partial charge in [-0.15, -0.1) is 0 Å². The summed E-state index contributed by atoms with van der Waals surface area (Å²) in [6, 6.07) is 8.47. The molecule has 0 aliphatic heterocycles. The van der Waals surface area contributed by atoms with Crippen molar-refractivity contribution in [2.24, 2.45) is 0 Å². The van der Waals surface area contributed by atoms with Crippen LogP contribution in [0, 0.1) is 15.9 Å². The van der Waals surface area contributed by atoms with Gasteiger partial charge in [-0.25, -0.2) is 4.39 Å². The van der Waals surface area contributed by atoms with E-state index in [4.69, 9.17) is 0 Å². The molecule has 8 heteroatoms. The van der Waals surface area contributed by atoms with Gasteiger partial charge in [-0.1, -0.05) is 0 Å². The van der Waals surface area contributed by atoms with Crippen molar-refractivity contribution < 1.29 is 22.8 Å². The van der Waals surface area contributed by atoms with Gasteiger partial charge in [-0.3, -0.25) is 10.1 Å². The molecular weight excluding hydrogens is 289 g/mol. The first-order chi connectivity index (χ1) is 9.94. The highest BCUT2D eigenvalue weighted by Crippen LogP contribution is 2.25. The number of hydrogen-bond donors (Lipinski definition) is 1. The van der Waals surface area contributed by atoms with E-state index in [1.165, 1.54) is 24.3 Å². The molecule has 2 rings (SSSR count). The lowest BCUT2D eigenvalue weighted by molar-refractivity contribution is -0.385. The molecule has 0 bridgehead atoms. The second-order valence-corrected chi connectivity index (χ2v) is 3.98. The van der Waals surface area contributed by atoms with E-state index in [9.17, 15) is 23.3 Å². The fourth-order valence-electron chi connectivity index (χ4n) is 1.64. The van der Waals surface area contributed by atoms with E-state index in [-0.39, 0.29) is 11.4 Å². The molecule has 1 N–H and O–H groups in total. The first-order valence-corrected chi connectivity index (χ1v) is 5.71. The van der Waals surface area contributed by atoms with E-state index in [0.29, 0.717) is 5.69 Å². The zero-order valence-corrected chi connectivity index (χ0v) is 10.4. The van der Waals surface area contributed by atoms with Gasteiger partial charge < -0.3 is 10.1 Å². The smallest absolute Gasteiger partial charge is 0.387 e. The van der Waals surface area contributed by atoms with Crippen LogP contribution >= 0.6 is 0 Å². The van der Waals surface area contributed by atoms with Crippen LogP contribution < -0.4 is 10.1 Å². The number of benzene rings is 2.